The Labute approximate surface area is 193 Å². The summed E-state index contributed by atoms with van der Waals surface area (Å²) in [5.74, 6) is 3.32. The molecule has 1 unspecified atom stereocenters. The number of benzene rings is 1. The molecule has 166 valence electrons. The first-order valence-corrected chi connectivity index (χ1v) is 10.6. The Kier molecular flexibility index (Phi) is 12.4. The monoisotopic (exact) mass is 518 g/mol. The molecule has 2 rings (SSSR count). The minimum atomic E-state index is 0. The number of hydrogen-bond acceptors (Lipinski definition) is 4. The first-order valence-electron chi connectivity index (χ1n) is 10.6. The lowest BCUT2D eigenvalue weighted by Crippen LogP contribution is -2.39. The van der Waals surface area contributed by atoms with E-state index in [9.17, 15) is 0 Å². The van der Waals surface area contributed by atoms with Gasteiger partial charge in [-0.05, 0) is 76.9 Å². The first kappa shape index (κ1) is 25.8. The van der Waals surface area contributed by atoms with E-state index in [2.05, 4.69) is 36.3 Å². The number of methoxy groups -OCH3 is 2. The zero-order valence-corrected chi connectivity index (χ0v) is 21.0. The van der Waals surface area contributed by atoms with Gasteiger partial charge in [-0.1, -0.05) is 6.92 Å². The summed E-state index contributed by atoms with van der Waals surface area (Å²) in [5, 5.41) is 6.87. The standard InChI is InChI=1S/C22H38N4O2.HI/c1-6-23-22(24-13-10-18-11-14-26(7-2)15-12-18)25-17(3)20-16-19(27-4)8-9-21(20)28-5;/h8-9,16-18H,6-7,10-15H2,1-5H3,(H2,23,24,25);1H. The highest BCUT2D eigenvalue weighted by Crippen LogP contribution is 2.29. The van der Waals surface area contributed by atoms with E-state index in [0.717, 1.165) is 48.5 Å². The van der Waals surface area contributed by atoms with Gasteiger partial charge in [-0.25, -0.2) is 0 Å². The summed E-state index contributed by atoms with van der Waals surface area (Å²) >= 11 is 0. The van der Waals surface area contributed by atoms with Crippen molar-refractivity contribution in [1.29, 1.82) is 0 Å². The van der Waals surface area contributed by atoms with Crippen LogP contribution in [0.4, 0.5) is 0 Å². The van der Waals surface area contributed by atoms with Crippen LogP contribution in [0.15, 0.2) is 23.2 Å². The number of piperidine rings is 1. The maximum Gasteiger partial charge on any atom is 0.191 e. The summed E-state index contributed by atoms with van der Waals surface area (Å²) in [5.41, 5.74) is 1.05. The molecule has 1 atom stereocenters. The summed E-state index contributed by atoms with van der Waals surface area (Å²) in [6.07, 6.45) is 3.75. The van der Waals surface area contributed by atoms with Crippen LogP contribution >= 0.6 is 24.0 Å². The van der Waals surface area contributed by atoms with Gasteiger partial charge in [-0.3, -0.25) is 4.99 Å². The van der Waals surface area contributed by atoms with Gasteiger partial charge in [0.25, 0.3) is 0 Å². The van der Waals surface area contributed by atoms with Crippen molar-refractivity contribution in [3.8, 4) is 11.5 Å². The average Bonchev–Trinajstić information content (AvgIpc) is 2.73. The van der Waals surface area contributed by atoms with Gasteiger partial charge in [-0.2, -0.15) is 0 Å². The lowest BCUT2D eigenvalue weighted by molar-refractivity contribution is 0.188. The van der Waals surface area contributed by atoms with Gasteiger partial charge in [-0.15, -0.1) is 24.0 Å². The van der Waals surface area contributed by atoms with Crippen molar-refractivity contribution in [2.24, 2.45) is 10.9 Å². The molecule has 0 amide bonds. The molecule has 1 aliphatic heterocycles. The van der Waals surface area contributed by atoms with E-state index in [1.165, 1.54) is 32.5 Å². The summed E-state index contributed by atoms with van der Waals surface area (Å²) < 4.78 is 10.9. The molecule has 0 spiro atoms. The molecule has 7 heteroatoms. The first-order chi connectivity index (χ1) is 13.6. The van der Waals surface area contributed by atoms with Crippen molar-refractivity contribution in [2.45, 2.75) is 46.1 Å². The van der Waals surface area contributed by atoms with Gasteiger partial charge in [0.2, 0.25) is 0 Å². The van der Waals surface area contributed by atoms with E-state index in [0.29, 0.717) is 0 Å². The van der Waals surface area contributed by atoms with Crippen LogP contribution in [0.5, 0.6) is 11.5 Å². The molecule has 1 aliphatic rings. The topological polar surface area (TPSA) is 58.1 Å². The zero-order valence-electron chi connectivity index (χ0n) is 18.7. The molecule has 0 aromatic heterocycles. The largest absolute Gasteiger partial charge is 0.497 e. The SMILES string of the molecule is CCNC(=NCCC1CCN(CC)CC1)NC(C)c1cc(OC)ccc1OC.I. The van der Waals surface area contributed by atoms with Crippen LogP contribution in [0.1, 0.15) is 51.6 Å². The van der Waals surface area contributed by atoms with Gasteiger partial charge in [0, 0.05) is 18.7 Å². The molecular weight excluding hydrogens is 479 g/mol. The van der Waals surface area contributed by atoms with E-state index in [-0.39, 0.29) is 30.0 Å². The fraction of sp³-hybridized carbons (Fsp3) is 0.682. The van der Waals surface area contributed by atoms with Crippen molar-refractivity contribution in [3.05, 3.63) is 23.8 Å². The van der Waals surface area contributed by atoms with Gasteiger partial charge < -0.3 is 25.0 Å². The van der Waals surface area contributed by atoms with Crippen LogP contribution in [0, 0.1) is 5.92 Å². The van der Waals surface area contributed by atoms with Crippen LogP contribution in [-0.4, -0.2) is 57.8 Å². The maximum absolute atomic E-state index is 5.53. The lowest BCUT2D eigenvalue weighted by atomic mass is 9.94. The Morgan fingerprint density at radius 1 is 1.21 bits per heavy atom. The number of likely N-dealkylation sites (tertiary alicyclic amines) is 1. The highest BCUT2D eigenvalue weighted by molar-refractivity contribution is 14.0. The van der Waals surface area contributed by atoms with Crippen molar-refractivity contribution in [3.63, 3.8) is 0 Å². The number of nitrogens with one attached hydrogen (secondary N) is 2. The molecule has 0 bridgehead atoms. The molecular formula is C22H39IN4O2. The van der Waals surface area contributed by atoms with E-state index < -0.39 is 0 Å². The third-order valence-electron chi connectivity index (χ3n) is 5.56. The Hall–Kier alpha value is -1.22. The van der Waals surface area contributed by atoms with Crippen LogP contribution in [0.2, 0.25) is 0 Å². The van der Waals surface area contributed by atoms with Crippen molar-refractivity contribution in [1.82, 2.24) is 15.5 Å². The highest BCUT2D eigenvalue weighted by atomic mass is 127. The molecule has 1 saturated heterocycles. The average molecular weight is 518 g/mol. The summed E-state index contributed by atoms with van der Waals surface area (Å²) in [7, 11) is 3.38. The van der Waals surface area contributed by atoms with Gasteiger partial charge in [0.1, 0.15) is 11.5 Å². The maximum atomic E-state index is 5.53. The second kappa shape index (κ2) is 13.9. The van der Waals surface area contributed by atoms with Crippen LogP contribution in [0.25, 0.3) is 0 Å². The fourth-order valence-electron chi connectivity index (χ4n) is 3.73. The normalized spacial score (nSPS) is 16.7. The number of hydrogen-bond donors (Lipinski definition) is 2. The Morgan fingerprint density at radius 3 is 2.52 bits per heavy atom. The fourth-order valence-corrected chi connectivity index (χ4v) is 3.73. The second-order valence-corrected chi connectivity index (χ2v) is 7.40. The molecule has 6 nitrogen and oxygen atoms in total. The summed E-state index contributed by atoms with van der Waals surface area (Å²) in [6.45, 7) is 11.8. The Balaban J connectivity index is 0.00000420. The van der Waals surface area contributed by atoms with E-state index >= 15 is 0 Å². The molecule has 1 heterocycles. The number of ether oxygens (including phenoxy) is 2. The van der Waals surface area contributed by atoms with Crippen molar-refractivity contribution in [2.75, 3.05) is 46.9 Å². The number of halogens is 1. The van der Waals surface area contributed by atoms with Gasteiger partial charge in [0.05, 0.1) is 20.3 Å². The van der Waals surface area contributed by atoms with Crippen molar-refractivity contribution >= 4 is 29.9 Å². The minimum absolute atomic E-state index is 0. The molecule has 0 radical (unpaired) electrons. The van der Waals surface area contributed by atoms with Crippen LogP contribution < -0.4 is 20.1 Å². The smallest absolute Gasteiger partial charge is 0.191 e. The molecule has 1 aromatic rings. The van der Waals surface area contributed by atoms with Crippen molar-refractivity contribution < 1.29 is 9.47 Å². The number of guanidine groups is 1. The lowest BCUT2D eigenvalue weighted by Gasteiger charge is -2.30. The van der Waals surface area contributed by atoms with Gasteiger partial charge in [0.15, 0.2) is 5.96 Å². The van der Waals surface area contributed by atoms with E-state index in [4.69, 9.17) is 14.5 Å². The van der Waals surface area contributed by atoms with E-state index in [1.807, 2.05) is 18.2 Å². The Morgan fingerprint density at radius 2 is 1.93 bits per heavy atom. The molecule has 1 fully saturated rings. The van der Waals surface area contributed by atoms with E-state index in [1.54, 1.807) is 14.2 Å². The number of aliphatic imine (C=N–C) groups is 1. The third kappa shape index (κ3) is 8.20. The number of nitrogens with zero attached hydrogens (tertiary/aromatic N) is 2. The molecule has 0 saturated carbocycles. The zero-order chi connectivity index (χ0) is 20.4. The summed E-state index contributed by atoms with van der Waals surface area (Å²) in [4.78, 5) is 7.36. The van der Waals surface area contributed by atoms with Crippen LogP contribution in [0.3, 0.4) is 0 Å². The molecule has 2 N–H and O–H groups in total. The minimum Gasteiger partial charge on any atom is -0.497 e. The Bertz CT molecular complexity index is 619. The number of rotatable bonds is 9. The third-order valence-corrected chi connectivity index (χ3v) is 5.56. The quantitative estimate of drug-likeness (QED) is 0.294. The predicted molar refractivity (Wildman–Crippen MR) is 132 cm³/mol. The van der Waals surface area contributed by atoms with Crippen LogP contribution in [-0.2, 0) is 0 Å². The molecule has 1 aromatic carbocycles. The molecule has 0 aliphatic carbocycles. The highest BCUT2D eigenvalue weighted by Gasteiger charge is 2.18. The summed E-state index contributed by atoms with van der Waals surface area (Å²) in [6, 6.07) is 5.93. The molecule has 29 heavy (non-hydrogen) atoms. The second-order valence-electron chi connectivity index (χ2n) is 7.40. The predicted octanol–water partition coefficient (Wildman–Crippen LogP) is 4.06. The van der Waals surface area contributed by atoms with Gasteiger partial charge >= 0.3 is 0 Å².